The van der Waals surface area contributed by atoms with Gasteiger partial charge >= 0.3 is 5.97 Å². The van der Waals surface area contributed by atoms with E-state index in [-0.39, 0.29) is 12.6 Å². The molecule has 1 N–H and O–H groups in total. The second-order valence-electron chi connectivity index (χ2n) is 3.51. The quantitative estimate of drug-likeness (QED) is 0.738. The molecule has 5 heteroatoms. The van der Waals surface area contributed by atoms with Crippen molar-refractivity contribution in [1.29, 1.82) is 5.26 Å². The molecular formula is C10H14N3O2+. The maximum Gasteiger partial charge on any atom is 0.346 e. The monoisotopic (exact) mass is 208 g/mol. The Morgan fingerprint density at radius 3 is 2.80 bits per heavy atom. The minimum atomic E-state index is -0.881. The predicted molar refractivity (Wildman–Crippen MR) is 52.1 cm³/mol. The van der Waals surface area contributed by atoms with E-state index in [1.807, 2.05) is 13.8 Å². The van der Waals surface area contributed by atoms with Crippen molar-refractivity contribution in [2.45, 2.75) is 33.4 Å². The van der Waals surface area contributed by atoms with Gasteiger partial charge in [-0.25, -0.2) is 13.9 Å². The molecule has 1 heterocycles. The molecule has 1 aromatic heterocycles. The highest BCUT2D eigenvalue weighted by Crippen LogP contribution is 2.05. The number of nitrogens with zero attached hydrogens (tertiary/aromatic N) is 3. The number of hydrogen-bond acceptors (Lipinski definition) is 2. The smallest absolute Gasteiger partial charge is 0.346 e. The number of nitriles is 1. The van der Waals surface area contributed by atoms with E-state index in [9.17, 15) is 4.79 Å². The summed E-state index contributed by atoms with van der Waals surface area (Å²) >= 11 is 0. The first-order valence-electron chi connectivity index (χ1n) is 4.66. The lowest BCUT2D eigenvalue weighted by Gasteiger charge is -2.00. The molecule has 1 rings (SSSR count). The molecule has 0 bridgehead atoms. The molecule has 0 spiro atoms. The fourth-order valence-electron chi connectivity index (χ4n) is 1.59. The van der Waals surface area contributed by atoms with Gasteiger partial charge in [-0.05, 0) is 6.92 Å². The van der Waals surface area contributed by atoms with Crippen LogP contribution in [0.1, 0.15) is 24.5 Å². The third-order valence-electron chi connectivity index (χ3n) is 2.41. The summed E-state index contributed by atoms with van der Waals surface area (Å²) in [7, 11) is 0. The fourth-order valence-corrected chi connectivity index (χ4v) is 1.59. The molecule has 15 heavy (non-hydrogen) atoms. The van der Waals surface area contributed by atoms with Crippen LogP contribution >= 0.6 is 0 Å². The third-order valence-corrected chi connectivity index (χ3v) is 2.41. The average molecular weight is 208 g/mol. The van der Waals surface area contributed by atoms with Crippen LogP contribution in [-0.2, 0) is 11.3 Å². The van der Waals surface area contributed by atoms with Gasteiger partial charge in [-0.2, -0.15) is 5.26 Å². The van der Waals surface area contributed by atoms with Gasteiger partial charge in [0.2, 0.25) is 0 Å². The van der Waals surface area contributed by atoms with Gasteiger partial charge in [-0.1, -0.05) is 0 Å². The number of imidazole rings is 1. The zero-order valence-corrected chi connectivity index (χ0v) is 9.06. The van der Waals surface area contributed by atoms with Crippen LogP contribution in [0.25, 0.3) is 0 Å². The first kappa shape index (κ1) is 11.2. The third kappa shape index (κ3) is 2.15. The van der Waals surface area contributed by atoms with Gasteiger partial charge < -0.3 is 5.11 Å². The first-order chi connectivity index (χ1) is 6.97. The van der Waals surface area contributed by atoms with Crippen molar-refractivity contribution in [3.63, 3.8) is 0 Å². The van der Waals surface area contributed by atoms with Crippen molar-refractivity contribution in [3.05, 3.63) is 17.7 Å². The molecule has 0 aliphatic carbocycles. The van der Waals surface area contributed by atoms with Crippen molar-refractivity contribution in [2.75, 3.05) is 0 Å². The highest BCUT2D eigenvalue weighted by molar-refractivity contribution is 5.66. The lowest BCUT2D eigenvalue weighted by molar-refractivity contribution is -0.712. The Morgan fingerprint density at radius 1 is 1.73 bits per heavy atom. The maximum atomic E-state index is 10.6. The number of aryl methyl sites for hydroxylation is 1. The van der Waals surface area contributed by atoms with Crippen molar-refractivity contribution in [3.8, 4) is 6.07 Å². The van der Waals surface area contributed by atoms with E-state index < -0.39 is 5.97 Å². The van der Waals surface area contributed by atoms with Gasteiger partial charge in [0.1, 0.15) is 18.0 Å². The summed E-state index contributed by atoms with van der Waals surface area (Å²) in [4.78, 5) is 10.6. The standard InChI is InChI=1S/C10H13N3O2/c1-7(4-11)12-5-8(2)13(9(12)3)6-10(14)15/h5,7H,6H2,1-3H3/p+1. The molecule has 0 aliphatic rings. The number of carbonyl (C=O) groups is 1. The summed E-state index contributed by atoms with van der Waals surface area (Å²) in [6.45, 7) is 5.35. The van der Waals surface area contributed by atoms with Gasteiger partial charge in [0.15, 0.2) is 12.6 Å². The zero-order valence-electron chi connectivity index (χ0n) is 9.06. The molecule has 0 saturated heterocycles. The van der Waals surface area contributed by atoms with Gasteiger partial charge in [0.05, 0.1) is 0 Å². The Morgan fingerprint density at radius 2 is 2.33 bits per heavy atom. The molecule has 80 valence electrons. The fraction of sp³-hybridized carbons (Fsp3) is 0.500. The van der Waals surface area contributed by atoms with Crippen LogP contribution in [0, 0.1) is 25.2 Å². The Bertz CT molecular complexity index is 429. The van der Waals surface area contributed by atoms with E-state index in [0.29, 0.717) is 0 Å². The molecule has 1 aromatic rings. The Kier molecular flexibility index (Phi) is 3.10. The molecular weight excluding hydrogens is 194 g/mol. The number of carboxylic acids is 1. The van der Waals surface area contributed by atoms with Crippen molar-refractivity contribution in [1.82, 2.24) is 4.57 Å². The second-order valence-corrected chi connectivity index (χ2v) is 3.51. The Labute approximate surface area is 88.2 Å². The second kappa shape index (κ2) is 4.13. The summed E-state index contributed by atoms with van der Waals surface area (Å²) in [6.07, 6.45) is 1.80. The van der Waals surface area contributed by atoms with Crippen molar-refractivity contribution in [2.24, 2.45) is 0 Å². The molecule has 0 saturated carbocycles. The predicted octanol–water partition coefficient (Wildman–Crippen LogP) is 0.562. The largest absolute Gasteiger partial charge is 0.478 e. The van der Waals surface area contributed by atoms with Gasteiger partial charge in [-0.3, -0.25) is 0 Å². The molecule has 1 unspecified atom stereocenters. The van der Waals surface area contributed by atoms with Gasteiger partial charge in [-0.15, -0.1) is 0 Å². The number of hydrogen-bond donors (Lipinski definition) is 1. The molecule has 0 radical (unpaired) electrons. The highest BCUT2D eigenvalue weighted by Gasteiger charge is 2.22. The van der Waals surface area contributed by atoms with E-state index >= 15 is 0 Å². The van der Waals surface area contributed by atoms with Crippen molar-refractivity contribution >= 4 is 5.97 Å². The van der Waals surface area contributed by atoms with Gasteiger partial charge in [0.25, 0.3) is 5.82 Å². The van der Waals surface area contributed by atoms with Crippen LogP contribution in [0.4, 0.5) is 0 Å². The number of aromatic nitrogens is 2. The molecule has 0 aromatic carbocycles. The summed E-state index contributed by atoms with van der Waals surface area (Å²) in [6, 6.07) is 1.84. The minimum Gasteiger partial charge on any atom is -0.478 e. The normalized spacial score (nSPS) is 12.1. The van der Waals surface area contributed by atoms with Crippen LogP contribution < -0.4 is 4.57 Å². The molecule has 5 nitrogen and oxygen atoms in total. The topological polar surface area (TPSA) is 69.9 Å². The van der Waals surface area contributed by atoms with E-state index in [1.54, 1.807) is 22.3 Å². The molecule has 1 atom stereocenters. The average Bonchev–Trinajstić information content (AvgIpc) is 2.44. The van der Waals surface area contributed by atoms with Crippen LogP contribution in [0.15, 0.2) is 6.20 Å². The highest BCUT2D eigenvalue weighted by atomic mass is 16.4. The van der Waals surface area contributed by atoms with Crippen LogP contribution in [0.5, 0.6) is 0 Å². The Balaban J connectivity index is 3.15. The summed E-state index contributed by atoms with van der Waals surface area (Å²) in [5, 5.41) is 17.5. The first-order valence-corrected chi connectivity index (χ1v) is 4.66. The van der Waals surface area contributed by atoms with E-state index in [4.69, 9.17) is 10.4 Å². The molecule has 0 fully saturated rings. The van der Waals surface area contributed by atoms with Crippen LogP contribution in [0.3, 0.4) is 0 Å². The summed E-state index contributed by atoms with van der Waals surface area (Å²) < 4.78 is 3.45. The minimum absolute atomic E-state index is 0.0667. The molecule has 0 amide bonds. The van der Waals surface area contributed by atoms with E-state index in [0.717, 1.165) is 11.5 Å². The summed E-state index contributed by atoms with van der Waals surface area (Å²) in [5.41, 5.74) is 0.844. The lowest BCUT2D eigenvalue weighted by Crippen LogP contribution is -2.38. The summed E-state index contributed by atoms with van der Waals surface area (Å²) in [5.74, 6) is -0.0995. The van der Waals surface area contributed by atoms with E-state index in [1.165, 1.54) is 0 Å². The Hall–Kier alpha value is -1.83. The lowest BCUT2D eigenvalue weighted by atomic mass is 10.4. The number of rotatable bonds is 3. The molecule has 0 aliphatic heterocycles. The van der Waals surface area contributed by atoms with Crippen molar-refractivity contribution < 1.29 is 14.5 Å². The van der Waals surface area contributed by atoms with E-state index in [2.05, 4.69) is 6.07 Å². The van der Waals surface area contributed by atoms with Gasteiger partial charge in [0, 0.05) is 13.8 Å². The number of carboxylic acid groups (broad SMARTS) is 1. The zero-order chi connectivity index (χ0) is 11.6. The SMILES string of the molecule is Cc1c[n+](C(C)C#N)c(C)n1CC(=O)O. The number of aliphatic carboxylic acids is 1. The van der Waals surface area contributed by atoms with Crippen LogP contribution in [0.2, 0.25) is 0 Å². The maximum absolute atomic E-state index is 10.6. The van der Waals surface area contributed by atoms with Crippen LogP contribution in [-0.4, -0.2) is 15.6 Å².